The van der Waals surface area contributed by atoms with Gasteiger partial charge in [-0.15, -0.1) is 0 Å². The first kappa shape index (κ1) is 11.7. The monoisotopic (exact) mass is 209 g/mol. The fourth-order valence-electron chi connectivity index (χ4n) is 1.29. The maximum atomic E-state index is 13.1. The van der Waals surface area contributed by atoms with Crippen molar-refractivity contribution in [2.75, 3.05) is 0 Å². The molecule has 0 spiro atoms. The predicted molar refractivity (Wildman–Crippen MR) is 60.1 cm³/mol. The summed E-state index contributed by atoms with van der Waals surface area (Å²) in [6.45, 7) is 5.76. The van der Waals surface area contributed by atoms with Crippen molar-refractivity contribution in [3.8, 4) is 0 Å². The van der Waals surface area contributed by atoms with Crippen LogP contribution in [-0.4, -0.2) is 11.9 Å². The topological polar surface area (TPSA) is 50.4 Å². The molecule has 0 aliphatic heterocycles. The van der Waals surface area contributed by atoms with E-state index < -0.39 is 0 Å². The molecular formula is C11H16FN3. The summed E-state index contributed by atoms with van der Waals surface area (Å²) in [6.07, 6.45) is 0. The molecule has 3 N–H and O–H groups in total. The van der Waals surface area contributed by atoms with Crippen LogP contribution in [0.5, 0.6) is 0 Å². The highest BCUT2D eigenvalue weighted by Crippen LogP contribution is 2.11. The summed E-state index contributed by atoms with van der Waals surface area (Å²) in [6, 6.07) is 4.66. The van der Waals surface area contributed by atoms with Gasteiger partial charge in [-0.25, -0.2) is 10.2 Å². The summed E-state index contributed by atoms with van der Waals surface area (Å²) in [5.74, 6) is 5.60. The Hall–Kier alpha value is -1.42. The zero-order chi connectivity index (χ0) is 11.4. The predicted octanol–water partition coefficient (Wildman–Crippen LogP) is 1.75. The van der Waals surface area contributed by atoms with Crippen LogP contribution < -0.4 is 11.3 Å². The van der Waals surface area contributed by atoms with Gasteiger partial charge in [0.2, 0.25) is 0 Å². The van der Waals surface area contributed by atoms with Gasteiger partial charge < -0.3 is 5.43 Å². The number of amidine groups is 1. The Kier molecular flexibility index (Phi) is 3.80. The first-order valence-electron chi connectivity index (χ1n) is 4.85. The van der Waals surface area contributed by atoms with E-state index in [4.69, 9.17) is 5.84 Å². The SMILES string of the molecule is Cc1ccc(F)cc1C(=NC(C)C)NN. The quantitative estimate of drug-likeness (QED) is 0.337. The lowest BCUT2D eigenvalue weighted by molar-refractivity contribution is 0.626. The molecule has 0 radical (unpaired) electrons. The van der Waals surface area contributed by atoms with Gasteiger partial charge in [0, 0.05) is 11.6 Å². The normalized spacial score (nSPS) is 12.0. The first-order chi connectivity index (χ1) is 7.04. The molecule has 1 rings (SSSR count). The van der Waals surface area contributed by atoms with E-state index in [-0.39, 0.29) is 11.9 Å². The highest BCUT2D eigenvalue weighted by molar-refractivity contribution is 5.99. The minimum Gasteiger partial charge on any atom is -0.308 e. The van der Waals surface area contributed by atoms with Gasteiger partial charge in [-0.2, -0.15) is 0 Å². The summed E-state index contributed by atoms with van der Waals surface area (Å²) in [7, 11) is 0. The highest BCUT2D eigenvalue weighted by Gasteiger charge is 2.07. The summed E-state index contributed by atoms with van der Waals surface area (Å²) in [5.41, 5.74) is 4.14. The van der Waals surface area contributed by atoms with Crippen molar-refractivity contribution in [2.24, 2.45) is 10.8 Å². The molecule has 0 bridgehead atoms. The van der Waals surface area contributed by atoms with Crippen molar-refractivity contribution in [3.63, 3.8) is 0 Å². The van der Waals surface area contributed by atoms with Crippen molar-refractivity contribution < 1.29 is 4.39 Å². The molecule has 0 atom stereocenters. The van der Waals surface area contributed by atoms with Crippen LogP contribution in [0.2, 0.25) is 0 Å². The van der Waals surface area contributed by atoms with Crippen LogP contribution in [0.1, 0.15) is 25.0 Å². The lowest BCUT2D eigenvalue weighted by Crippen LogP contribution is -2.32. The number of rotatable bonds is 2. The summed E-state index contributed by atoms with van der Waals surface area (Å²) in [4.78, 5) is 4.28. The molecule has 1 aromatic rings. The highest BCUT2D eigenvalue weighted by atomic mass is 19.1. The van der Waals surface area contributed by atoms with Crippen LogP contribution in [0.25, 0.3) is 0 Å². The number of hydrogen-bond donors (Lipinski definition) is 2. The number of nitrogens with zero attached hydrogens (tertiary/aromatic N) is 1. The Labute approximate surface area is 89.2 Å². The van der Waals surface area contributed by atoms with Crippen LogP contribution in [0.3, 0.4) is 0 Å². The largest absolute Gasteiger partial charge is 0.308 e. The molecule has 0 amide bonds. The molecule has 0 saturated carbocycles. The van der Waals surface area contributed by atoms with E-state index in [2.05, 4.69) is 10.4 Å². The van der Waals surface area contributed by atoms with E-state index in [9.17, 15) is 4.39 Å². The molecule has 0 unspecified atom stereocenters. The Morgan fingerprint density at radius 1 is 1.47 bits per heavy atom. The summed E-state index contributed by atoms with van der Waals surface area (Å²) < 4.78 is 13.1. The van der Waals surface area contributed by atoms with E-state index in [1.54, 1.807) is 6.07 Å². The van der Waals surface area contributed by atoms with E-state index in [1.165, 1.54) is 12.1 Å². The van der Waals surface area contributed by atoms with Gasteiger partial charge in [-0.1, -0.05) is 6.07 Å². The number of aliphatic imine (C=N–C) groups is 1. The Morgan fingerprint density at radius 3 is 2.67 bits per heavy atom. The number of halogens is 1. The second-order valence-electron chi connectivity index (χ2n) is 3.68. The van der Waals surface area contributed by atoms with Gasteiger partial charge in [0.15, 0.2) is 0 Å². The Balaban J connectivity index is 3.17. The second kappa shape index (κ2) is 4.89. The fourth-order valence-corrected chi connectivity index (χ4v) is 1.29. The smallest absolute Gasteiger partial charge is 0.143 e. The molecule has 4 heteroatoms. The molecule has 15 heavy (non-hydrogen) atoms. The van der Waals surface area contributed by atoms with Crippen LogP contribution in [0.4, 0.5) is 4.39 Å². The third-order valence-corrected chi connectivity index (χ3v) is 1.98. The number of hydrogen-bond acceptors (Lipinski definition) is 2. The molecule has 1 aromatic carbocycles. The molecule has 0 saturated heterocycles. The van der Waals surface area contributed by atoms with Crippen molar-refractivity contribution in [2.45, 2.75) is 26.8 Å². The second-order valence-corrected chi connectivity index (χ2v) is 3.68. The zero-order valence-electron chi connectivity index (χ0n) is 9.21. The van der Waals surface area contributed by atoms with Gasteiger partial charge in [-0.3, -0.25) is 4.99 Å². The lowest BCUT2D eigenvalue weighted by atomic mass is 10.1. The maximum Gasteiger partial charge on any atom is 0.143 e. The van der Waals surface area contributed by atoms with Crippen LogP contribution >= 0.6 is 0 Å². The van der Waals surface area contributed by atoms with Gasteiger partial charge in [0.1, 0.15) is 11.7 Å². The number of nitrogens with two attached hydrogens (primary N) is 1. The average molecular weight is 209 g/mol. The van der Waals surface area contributed by atoms with Gasteiger partial charge >= 0.3 is 0 Å². The molecule has 0 aromatic heterocycles. The molecule has 0 fully saturated rings. The van der Waals surface area contributed by atoms with E-state index in [0.717, 1.165) is 5.56 Å². The molecule has 3 nitrogen and oxygen atoms in total. The summed E-state index contributed by atoms with van der Waals surface area (Å²) in [5, 5.41) is 0. The lowest BCUT2D eigenvalue weighted by Gasteiger charge is -2.10. The number of aryl methyl sites for hydroxylation is 1. The maximum absolute atomic E-state index is 13.1. The minimum absolute atomic E-state index is 0.110. The van der Waals surface area contributed by atoms with Crippen LogP contribution in [0, 0.1) is 12.7 Å². The van der Waals surface area contributed by atoms with E-state index in [0.29, 0.717) is 11.4 Å². The zero-order valence-corrected chi connectivity index (χ0v) is 9.21. The number of nitrogens with one attached hydrogen (secondary N) is 1. The molecule has 0 aliphatic rings. The van der Waals surface area contributed by atoms with Crippen LogP contribution in [-0.2, 0) is 0 Å². The van der Waals surface area contributed by atoms with Crippen molar-refractivity contribution in [1.82, 2.24) is 5.43 Å². The minimum atomic E-state index is -0.290. The number of hydrazine groups is 1. The first-order valence-corrected chi connectivity index (χ1v) is 4.85. The molecule has 0 aliphatic carbocycles. The van der Waals surface area contributed by atoms with Gasteiger partial charge in [0.05, 0.1) is 0 Å². The molecule has 0 heterocycles. The Morgan fingerprint density at radius 2 is 2.13 bits per heavy atom. The van der Waals surface area contributed by atoms with Crippen LogP contribution in [0.15, 0.2) is 23.2 Å². The van der Waals surface area contributed by atoms with E-state index in [1.807, 2.05) is 20.8 Å². The van der Waals surface area contributed by atoms with E-state index >= 15 is 0 Å². The van der Waals surface area contributed by atoms with Gasteiger partial charge in [-0.05, 0) is 38.5 Å². The standard InChI is InChI=1S/C11H16FN3/c1-7(2)14-11(15-13)10-6-9(12)5-4-8(10)3/h4-7H,13H2,1-3H3,(H,14,15). The number of benzene rings is 1. The summed E-state index contributed by atoms with van der Waals surface area (Å²) >= 11 is 0. The van der Waals surface area contributed by atoms with Gasteiger partial charge in [0.25, 0.3) is 0 Å². The fraction of sp³-hybridized carbons (Fsp3) is 0.364. The van der Waals surface area contributed by atoms with Crippen molar-refractivity contribution >= 4 is 5.84 Å². The molecule has 82 valence electrons. The van der Waals surface area contributed by atoms with Crippen molar-refractivity contribution in [1.29, 1.82) is 0 Å². The third kappa shape index (κ3) is 3.02. The molecular weight excluding hydrogens is 193 g/mol. The average Bonchev–Trinajstić information content (AvgIpc) is 2.18. The Bertz CT molecular complexity index is 372. The third-order valence-electron chi connectivity index (χ3n) is 1.98. The van der Waals surface area contributed by atoms with Crippen molar-refractivity contribution in [3.05, 3.63) is 35.1 Å².